The number of anilines is 1. The Labute approximate surface area is 166 Å². The summed E-state index contributed by atoms with van der Waals surface area (Å²) in [5.74, 6) is 0.124. The van der Waals surface area contributed by atoms with Gasteiger partial charge in [-0.2, -0.15) is 0 Å². The molecule has 1 amide bonds. The number of aromatic nitrogens is 2. The zero-order valence-electron chi connectivity index (χ0n) is 15.0. The second-order valence-electron chi connectivity index (χ2n) is 6.07. The van der Waals surface area contributed by atoms with Crippen LogP contribution >= 0.6 is 24.0 Å². The normalized spacial score (nSPS) is 17.1. The monoisotopic (exact) mass is 404 g/mol. The van der Waals surface area contributed by atoms with Gasteiger partial charge in [-0.15, -0.1) is 0 Å². The Kier molecular flexibility index (Phi) is 5.93. The van der Waals surface area contributed by atoms with E-state index >= 15 is 0 Å². The van der Waals surface area contributed by atoms with Crippen molar-refractivity contribution < 1.29 is 9.90 Å². The number of hydrogen-bond acceptors (Lipinski definition) is 7. The third-order valence-corrected chi connectivity index (χ3v) is 5.63. The van der Waals surface area contributed by atoms with Crippen LogP contribution in [0, 0.1) is 0 Å². The van der Waals surface area contributed by atoms with Crippen LogP contribution in [0.25, 0.3) is 11.7 Å². The van der Waals surface area contributed by atoms with E-state index in [1.165, 1.54) is 22.2 Å². The zero-order chi connectivity index (χ0) is 19.6. The number of carbonyl (C=O) groups is 1. The molecule has 9 heteroatoms. The van der Waals surface area contributed by atoms with Gasteiger partial charge in [0.05, 0.1) is 17.1 Å². The summed E-state index contributed by atoms with van der Waals surface area (Å²) in [5.41, 5.74) is 0.443. The first-order chi connectivity index (χ1) is 13.0. The lowest BCUT2D eigenvalue weighted by Crippen LogP contribution is -2.36. The molecule has 3 heterocycles. The summed E-state index contributed by atoms with van der Waals surface area (Å²) in [6.45, 7) is 4.06. The Balaban J connectivity index is 2.11. The predicted molar refractivity (Wildman–Crippen MR) is 112 cm³/mol. The summed E-state index contributed by atoms with van der Waals surface area (Å²) in [4.78, 5) is 32.2. The summed E-state index contributed by atoms with van der Waals surface area (Å²) < 4.78 is 1.91. The van der Waals surface area contributed by atoms with Gasteiger partial charge in [-0.3, -0.25) is 18.9 Å². The number of carbonyl (C=O) groups excluding carboxylic acids is 1. The van der Waals surface area contributed by atoms with Gasteiger partial charge in [-0.25, -0.2) is 4.98 Å². The summed E-state index contributed by atoms with van der Waals surface area (Å²) in [6.07, 6.45) is 3.95. The first kappa shape index (κ1) is 19.5. The van der Waals surface area contributed by atoms with Crippen LogP contribution in [0.1, 0.15) is 25.8 Å². The van der Waals surface area contributed by atoms with Crippen molar-refractivity contribution in [2.75, 3.05) is 18.5 Å². The van der Waals surface area contributed by atoms with E-state index in [2.05, 4.69) is 10.3 Å². The predicted octanol–water partition coefficient (Wildman–Crippen LogP) is 2.10. The number of amides is 1. The van der Waals surface area contributed by atoms with E-state index in [1.54, 1.807) is 29.3 Å². The van der Waals surface area contributed by atoms with Gasteiger partial charge in [-0.05, 0) is 31.6 Å². The summed E-state index contributed by atoms with van der Waals surface area (Å²) in [6, 6.07) is 5.24. The molecule has 2 N–H and O–H groups in total. The van der Waals surface area contributed by atoms with Gasteiger partial charge < -0.3 is 10.4 Å². The molecule has 1 fully saturated rings. The molecule has 0 aliphatic carbocycles. The van der Waals surface area contributed by atoms with E-state index in [9.17, 15) is 9.59 Å². The molecular formula is C18H20N4O3S2. The van der Waals surface area contributed by atoms with E-state index in [-0.39, 0.29) is 36.2 Å². The van der Waals surface area contributed by atoms with Crippen molar-refractivity contribution in [3.05, 3.63) is 45.2 Å². The number of hydrogen-bond donors (Lipinski definition) is 2. The van der Waals surface area contributed by atoms with E-state index in [1.807, 2.05) is 13.8 Å². The highest BCUT2D eigenvalue weighted by Gasteiger charge is 2.35. The van der Waals surface area contributed by atoms with Crippen LogP contribution < -0.4 is 10.9 Å². The first-order valence-electron chi connectivity index (χ1n) is 8.61. The number of thioether (sulfide) groups is 1. The molecule has 0 bridgehead atoms. The first-order valence-corrected chi connectivity index (χ1v) is 9.83. The van der Waals surface area contributed by atoms with Crippen LogP contribution in [0.5, 0.6) is 0 Å². The van der Waals surface area contributed by atoms with E-state index in [4.69, 9.17) is 17.3 Å². The second kappa shape index (κ2) is 8.20. The molecule has 142 valence electrons. The lowest BCUT2D eigenvalue weighted by atomic mass is 10.2. The average molecular weight is 405 g/mol. The van der Waals surface area contributed by atoms with Crippen molar-refractivity contribution in [2.24, 2.45) is 0 Å². The molecule has 1 saturated heterocycles. The van der Waals surface area contributed by atoms with Crippen LogP contribution in [0.3, 0.4) is 0 Å². The van der Waals surface area contributed by atoms with Crippen molar-refractivity contribution in [1.29, 1.82) is 0 Å². The van der Waals surface area contributed by atoms with Crippen molar-refractivity contribution in [3.63, 3.8) is 0 Å². The number of aliphatic hydroxyl groups is 1. The molecule has 1 atom stereocenters. The standard InChI is InChI=1S/C18H20N4O3S2/c1-3-11(2)22-17(25)13(27-18(22)26)10-12-15(19-7-9-23)20-14-6-4-5-8-21(14)16(12)24/h4-6,8,10-11,19,23H,3,7,9H2,1-2H3/b13-10-. The molecule has 1 unspecified atom stereocenters. The van der Waals surface area contributed by atoms with Gasteiger partial charge in [-0.1, -0.05) is 37.0 Å². The van der Waals surface area contributed by atoms with Crippen LogP contribution in [0.2, 0.25) is 0 Å². The lowest BCUT2D eigenvalue weighted by Gasteiger charge is -2.21. The maximum atomic E-state index is 13.0. The minimum Gasteiger partial charge on any atom is -0.395 e. The maximum absolute atomic E-state index is 13.0. The SMILES string of the molecule is CCC(C)N1C(=O)/C(=C/c2c(NCCO)nc3ccccn3c2=O)SC1=S. The Morgan fingerprint density at radius 2 is 2.19 bits per heavy atom. The number of pyridine rings is 1. The fourth-order valence-corrected chi connectivity index (χ4v) is 4.16. The summed E-state index contributed by atoms with van der Waals surface area (Å²) in [7, 11) is 0. The van der Waals surface area contributed by atoms with Crippen LogP contribution in [0.15, 0.2) is 34.1 Å². The highest BCUT2D eigenvalue weighted by molar-refractivity contribution is 8.26. The Morgan fingerprint density at radius 1 is 1.41 bits per heavy atom. The molecule has 0 aromatic carbocycles. The minimum atomic E-state index is -0.296. The summed E-state index contributed by atoms with van der Waals surface area (Å²) in [5, 5.41) is 12.1. The molecular weight excluding hydrogens is 384 g/mol. The zero-order valence-corrected chi connectivity index (χ0v) is 16.6. The number of rotatable bonds is 6. The molecule has 1 aliphatic heterocycles. The van der Waals surface area contributed by atoms with Gasteiger partial charge in [0.2, 0.25) is 0 Å². The maximum Gasteiger partial charge on any atom is 0.267 e. The molecule has 3 rings (SSSR count). The van der Waals surface area contributed by atoms with Gasteiger partial charge in [0.15, 0.2) is 0 Å². The molecule has 2 aromatic heterocycles. The molecule has 0 radical (unpaired) electrons. The fraction of sp³-hybridized carbons (Fsp3) is 0.333. The number of thiocarbonyl (C=S) groups is 1. The Morgan fingerprint density at radius 3 is 2.89 bits per heavy atom. The quantitative estimate of drug-likeness (QED) is 0.563. The Hall–Kier alpha value is -2.23. The van der Waals surface area contributed by atoms with Crippen molar-refractivity contribution >= 4 is 51.7 Å². The van der Waals surface area contributed by atoms with Gasteiger partial charge in [0, 0.05) is 18.8 Å². The van der Waals surface area contributed by atoms with E-state index in [0.29, 0.717) is 20.7 Å². The third-order valence-electron chi connectivity index (χ3n) is 4.30. The van der Waals surface area contributed by atoms with Crippen LogP contribution in [-0.2, 0) is 4.79 Å². The molecule has 7 nitrogen and oxygen atoms in total. The fourth-order valence-electron chi connectivity index (χ4n) is 2.72. The summed E-state index contributed by atoms with van der Waals surface area (Å²) >= 11 is 6.53. The molecule has 27 heavy (non-hydrogen) atoms. The average Bonchev–Trinajstić information content (AvgIpc) is 2.95. The Bertz CT molecular complexity index is 986. The topological polar surface area (TPSA) is 86.9 Å². The smallest absolute Gasteiger partial charge is 0.267 e. The van der Waals surface area contributed by atoms with Crippen molar-refractivity contribution in [1.82, 2.24) is 14.3 Å². The highest BCUT2D eigenvalue weighted by Crippen LogP contribution is 2.34. The number of fused-ring (bicyclic) bond motifs is 1. The molecule has 0 saturated carbocycles. The van der Waals surface area contributed by atoms with Gasteiger partial charge in [0.1, 0.15) is 15.8 Å². The van der Waals surface area contributed by atoms with Gasteiger partial charge >= 0.3 is 0 Å². The highest BCUT2D eigenvalue weighted by atomic mass is 32.2. The third kappa shape index (κ3) is 3.76. The van der Waals surface area contributed by atoms with Crippen LogP contribution in [-0.4, -0.2) is 48.8 Å². The minimum absolute atomic E-state index is 0.00814. The number of nitrogens with one attached hydrogen (secondary N) is 1. The van der Waals surface area contributed by atoms with E-state index in [0.717, 1.165) is 6.42 Å². The number of aliphatic hydroxyl groups excluding tert-OH is 1. The second-order valence-corrected chi connectivity index (χ2v) is 7.74. The van der Waals surface area contributed by atoms with Gasteiger partial charge in [0.25, 0.3) is 11.5 Å². The van der Waals surface area contributed by atoms with Crippen molar-refractivity contribution in [3.8, 4) is 0 Å². The van der Waals surface area contributed by atoms with Crippen molar-refractivity contribution in [2.45, 2.75) is 26.3 Å². The lowest BCUT2D eigenvalue weighted by molar-refractivity contribution is -0.123. The number of nitrogens with zero attached hydrogens (tertiary/aromatic N) is 3. The van der Waals surface area contributed by atoms with Crippen LogP contribution in [0.4, 0.5) is 5.82 Å². The molecule has 0 spiro atoms. The van der Waals surface area contributed by atoms with E-state index < -0.39 is 0 Å². The molecule has 1 aliphatic rings. The molecule has 2 aromatic rings. The largest absolute Gasteiger partial charge is 0.395 e.